The maximum atomic E-state index is 12.7. The summed E-state index contributed by atoms with van der Waals surface area (Å²) in [4.78, 5) is 39.1. The Morgan fingerprint density at radius 3 is 2.31 bits per heavy atom. The van der Waals surface area contributed by atoms with Crippen LogP contribution in [0.2, 0.25) is 0 Å². The number of carbonyl (C=O) groups excluding carboxylic acids is 3. The normalized spacial score (nSPS) is 32.2. The molecule has 0 aromatic heterocycles. The lowest BCUT2D eigenvalue weighted by Gasteiger charge is -2.19. The van der Waals surface area contributed by atoms with Crippen LogP contribution in [0.3, 0.4) is 0 Å². The second kappa shape index (κ2) is 5.93. The van der Waals surface area contributed by atoms with E-state index >= 15 is 0 Å². The number of carbonyl (C=O) groups is 3. The fraction of sp³-hybridized carbons (Fsp3) is 0.571. The molecular formula is C21H24N2O3. The van der Waals surface area contributed by atoms with Gasteiger partial charge in [0.2, 0.25) is 17.7 Å². The lowest BCUT2D eigenvalue weighted by Crippen LogP contribution is -2.35. The third-order valence-electron chi connectivity index (χ3n) is 6.83. The first-order chi connectivity index (χ1) is 12.6. The highest BCUT2D eigenvalue weighted by Gasteiger charge is 2.60. The molecule has 1 heterocycles. The van der Waals surface area contributed by atoms with Crippen LogP contribution in [-0.4, -0.2) is 29.2 Å². The van der Waals surface area contributed by atoms with Gasteiger partial charge < -0.3 is 5.32 Å². The largest absolute Gasteiger partial charge is 0.326 e. The van der Waals surface area contributed by atoms with E-state index in [1.807, 2.05) is 18.2 Å². The summed E-state index contributed by atoms with van der Waals surface area (Å²) < 4.78 is 0. The van der Waals surface area contributed by atoms with Gasteiger partial charge in [-0.3, -0.25) is 19.3 Å². The number of nitrogens with zero attached hydrogens (tertiary/aromatic N) is 1. The number of para-hydroxylation sites is 1. The smallest absolute Gasteiger partial charge is 0.233 e. The molecule has 5 heteroatoms. The Labute approximate surface area is 153 Å². The molecule has 1 aromatic rings. The van der Waals surface area contributed by atoms with E-state index in [-0.39, 0.29) is 42.5 Å². The van der Waals surface area contributed by atoms with Crippen molar-refractivity contribution in [2.75, 3.05) is 11.9 Å². The van der Waals surface area contributed by atoms with Crippen LogP contribution < -0.4 is 5.32 Å². The summed E-state index contributed by atoms with van der Waals surface area (Å²) in [7, 11) is 0. The molecule has 2 bridgehead atoms. The predicted molar refractivity (Wildman–Crippen MR) is 96.2 cm³/mol. The highest BCUT2D eigenvalue weighted by Crippen LogP contribution is 2.56. The van der Waals surface area contributed by atoms with Gasteiger partial charge >= 0.3 is 0 Å². The van der Waals surface area contributed by atoms with Crippen LogP contribution in [0.1, 0.15) is 50.0 Å². The van der Waals surface area contributed by atoms with Gasteiger partial charge in [-0.05, 0) is 61.5 Å². The zero-order chi connectivity index (χ0) is 17.8. The first-order valence-electron chi connectivity index (χ1n) is 9.87. The molecule has 1 saturated heterocycles. The Morgan fingerprint density at radius 2 is 1.65 bits per heavy atom. The number of amides is 3. The molecule has 4 aliphatic rings. The molecule has 0 spiro atoms. The molecule has 5 rings (SSSR count). The summed E-state index contributed by atoms with van der Waals surface area (Å²) in [6.45, 7) is 0.210. The van der Waals surface area contributed by atoms with E-state index in [0.29, 0.717) is 17.8 Å². The zero-order valence-electron chi connectivity index (χ0n) is 14.8. The summed E-state index contributed by atoms with van der Waals surface area (Å²) in [5.74, 6) is 0.967. The Morgan fingerprint density at radius 1 is 1.00 bits per heavy atom. The van der Waals surface area contributed by atoms with Gasteiger partial charge in [0, 0.05) is 18.7 Å². The van der Waals surface area contributed by atoms with E-state index in [4.69, 9.17) is 0 Å². The molecule has 4 unspecified atom stereocenters. The van der Waals surface area contributed by atoms with Crippen LogP contribution in [0.15, 0.2) is 24.3 Å². The van der Waals surface area contributed by atoms with Crippen molar-refractivity contribution >= 4 is 23.4 Å². The third kappa shape index (κ3) is 2.48. The number of fused-ring (bicyclic) bond motifs is 5. The highest BCUT2D eigenvalue weighted by molar-refractivity contribution is 6.06. The quantitative estimate of drug-likeness (QED) is 0.829. The average molecular weight is 352 g/mol. The van der Waals surface area contributed by atoms with E-state index in [9.17, 15) is 14.4 Å². The second-order valence-corrected chi connectivity index (χ2v) is 8.37. The van der Waals surface area contributed by atoms with Crippen LogP contribution in [-0.2, 0) is 14.4 Å². The number of nitrogens with one attached hydrogen (secondary N) is 1. The number of hydrogen-bond acceptors (Lipinski definition) is 3. The van der Waals surface area contributed by atoms with Gasteiger partial charge in [0.05, 0.1) is 11.8 Å². The summed E-state index contributed by atoms with van der Waals surface area (Å²) in [6.07, 6.45) is 5.72. The number of rotatable bonds is 5. The monoisotopic (exact) mass is 352 g/mol. The Balaban J connectivity index is 1.22. The molecule has 1 aliphatic heterocycles. The van der Waals surface area contributed by atoms with Gasteiger partial charge in [0.1, 0.15) is 0 Å². The standard InChI is InChI=1S/C21H24N2O3/c24-17(22-16-4-2-1-3-15(16)12-5-6-12)9-10-23-20(25)18-13-7-8-14(11-13)19(18)21(23)26/h1-4,12-14,18-19H,5-11H2,(H,22,24). The molecule has 3 aliphatic carbocycles. The number of hydrogen-bond donors (Lipinski definition) is 1. The number of anilines is 1. The van der Waals surface area contributed by atoms with E-state index in [2.05, 4.69) is 11.4 Å². The van der Waals surface area contributed by atoms with Crippen molar-refractivity contribution in [3.63, 3.8) is 0 Å². The van der Waals surface area contributed by atoms with Gasteiger partial charge in [-0.15, -0.1) is 0 Å². The predicted octanol–water partition coefficient (Wildman–Crippen LogP) is 2.92. The van der Waals surface area contributed by atoms with Crippen molar-refractivity contribution in [3.8, 4) is 0 Å². The Kier molecular flexibility index (Phi) is 3.66. The first kappa shape index (κ1) is 16.0. The molecule has 136 valence electrons. The molecule has 0 radical (unpaired) electrons. The lowest BCUT2D eigenvalue weighted by atomic mass is 9.81. The maximum absolute atomic E-state index is 12.7. The molecule has 26 heavy (non-hydrogen) atoms. The minimum absolute atomic E-state index is 0.0293. The van der Waals surface area contributed by atoms with Crippen molar-refractivity contribution in [2.45, 2.75) is 44.4 Å². The van der Waals surface area contributed by atoms with Crippen molar-refractivity contribution in [3.05, 3.63) is 29.8 Å². The van der Waals surface area contributed by atoms with E-state index < -0.39 is 0 Å². The maximum Gasteiger partial charge on any atom is 0.233 e. The summed E-state index contributed by atoms with van der Waals surface area (Å²) >= 11 is 0. The lowest BCUT2D eigenvalue weighted by molar-refractivity contribution is -0.140. The minimum atomic E-state index is -0.126. The summed E-state index contributed by atoms with van der Waals surface area (Å²) in [6, 6.07) is 7.92. The van der Waals surface area contributed by atoms with Crippen LogP contribution in [0.4, 0.5) is 5.69 Å². The molecule has 5 nitrogen and oxygen atoms in total. The van der Waals surface area contributed by atoms with E-state index in [0.717, 1.165) is 24.9 Å². The number of benzene rings is 1. The van der Waals surface area contributed by atoms with Gasteiger partial charge in [-0.2, -0.15) is 0 Å². The van der Waals surface area contributed by atoms with Crippen LogP contribution in [0.5, 0.6) is 0 Å². The van der Waals surface area contributed by atoms with Crippen LogP contribution in [0, 0.1) is 23.7 Å². The van der Waals surface area contributed by atoms with Crippen LogP contribution >= 0.6 is 0 Å². The van der Waals surface area contributed by atoms with Gasteiger partial charge in [0.15, 0.2) is 0 Å². The van der Waals surface area contributed by atoms with Crippen molar-refractivity contribution in [2.24, 2.45) is 23.7 Å². The molecule has 1 aromatic carbocycles. The van der Waals surface area contributed by atoms with E-state index in [1.165, 1.54) is 23.3 Å². The number of likely N-dealkylation sites (tertiary alicyclic amines) is 1. The van der Waals surface area contributed by atoms with Crippen LogP contribution in [0.25, 0.3) is 0 Å². The topological polar surface area (TPSA) is 66.5 Å². The second-order valence-electron chi connectivity index (χ2n) is 8.37. The molecular weight excluding hydrogens is 328 g/mol. The average Bonchev–Trinajstić information content (AvgIpc) is 3.19. The van der Waals surface area contributed by atoms with Crippen molar-refractivity contribution in [1.82, 2.24) is 4.90 Å². The van der Waals surface area contributed by atoms with Gasteiger partial charge in [-0.25, -0.2) is 0 Å². The summed E-state index contributed by atoms with van der Waals surface area (Å²) in [5, 5.41) is 2.98. The molecule has 4 fully saturated rings. The first-order valence-corrected chi connectivity index (χ1v) is 9.87. The van der Waals surface area contributed by atoms with Gasteiger partial charge in [-0.1, -0.05) is 18.2 Å². The summed E-state index contributed by atoms with van der Waals surface area (Å²) in [5.41, 5.74) is 2.06. The number of imide groups is 1. The SMILES string of the molecule is O=C(CCN1C(=O)C2C3CCC(C3)C2C1=O)Nc1ccccc1C1CC1. The fourth-order valence-corrected chi connectivity index (χ4v) is 5.48. The Hall–Kier alpha value is -2.17. The molecule has 4 atom stereocenters. The zero-order valence-corrected chi connectivity index (χ0v) is 14.8. The fourth-order valence-electron chi connectivity index (χ4n) is 5.48. The molecule has 3 saturated carbocycles. The van der Waals surface area contributed by atoms with Crippen molar-refractivity contribution < 1.29 is 14.4 Å². The third-order valence-corrected chi connectivity index (χ3v) is 6.83. The Bertz CT molecular complexity index is 757. The molecule has 3 amide bonds. The van der Waals surface area contributed by atoms with Gasteiger partial charge in [0.25, 0.3) is 0 Å². The van der Waals surface area contributed by atoms with Crippen molar-refractivity contribution in [1.29, 1.82) is 0 Å². The highest BCUT2D eigenvalue weighted by atomic mass is 16.2. The molecule has 1 N–H and O–H groups in total. The van der Waals surface area contributed by atoms with E-state index in [1.54, 1.807) is 0 Å². The minimum Gasteiger partial charge on any atom is -0.326 e.